The molecule has 1 fully saturated rings. The van der Waals surface area contributed by atoms with Crippen LogP contribution >= 0.6 is 23.8 Å². The number of nitrogens with zero attached hydrogens (tertiary/aromatic N) is 5. The van der Waals surface area contributed by atoms with Crippen LogP contribution in [0.25, 0.3) is 11.4 Å². The average Bonchev–Trinajstić information content (AvgIpc) is 3.04. The second-order valence-electron chi connectivity index (χ2n) is 6.94. The van der Waals surface area contributed by atoms with E-state index in [9.17, 15) is 0 Å². The molecular formula is C21H24ClN5S. The van der Waals surface area contributed by atoms with Crippen LogP contribution in [0, 0.1) is 4.77 Å². The van der Waals surface area contributed by atoms with Crippen molar-refractivity contribution >= 4 is 29.5 Å². The minimum atomic E-state index is 0.717. The molecule has 1 aromatic heterocycles. The summed E-state index contributed by atoms with van der Waals surface area (Å²) in [6.45, 7) is 7.50. The fourth-order valence-corrected chi connectivity index (χ4v) is 4.13. The fourth-order valence-electron chi connectivity index (χ4n) is 3.63. The number of piperazine rings is 1. The van der Waals surface area contributed by atoms with Crippen LogP contribution in [0.5, 0.6) is 0 Å². The number of halogens is 1. The molecule has 0 spiro atoms. The van der Waals surface area contributed by atoms with Crippen molar-refractivity contribution in [2.75, 3.05) is 31.1 Å². The predicted octanol–water partition coefficient (Wildman–Crippen LogP) is 4.53. The Morgan fingerprint density at radius 2 is 1.75 bits per heavy atom. The smallest absolute Gasteiger partial charge is 0.199 e. The van der Waals surface area contributed by atoms with Crippen molar-refractivity contribution in [3.8, 4) is 11.4 Å². The van der Waals surface area contributed by atoms with Crippen molar-refractivity contribution in [1.82, 2.24) is 19.2 Å². The van der Waals surface area contributed by atoms with E-state index >= 15 is 0 Å². The molecule has 2 aromatic carbocycles. The molecule has 7 heteroatoms. The summed E-state index contributed by atoms with van der Waals surface area (Å²) >= 11 is 11.8. The van der Waals surface area contributed by atoms with Gasteiger partial charge in [-0.15, -0.1) is 0 Å². The minimum Gasteiger partial charge on any atom is -0.369 e. The van der Waals surface area contributed by atoms with E-state index in [0.717, 1.165) is 60.6 Å². The number of benzene rings is 2. The van der Waals surface area contributed by atoms with Gasteiger partial charge in [0.05, 0.1) is 6.67 Å². The van der Waals surface area contributed by atoms with Gasteiger partial charge in [-0.1, -0.05) is 48.0 Å². The Morgan fingerprint density at radius 3 is 2.43 bits per heavy atom. The van der Waals surface area contributed by atoms with Crippen molar-refractivity contribution in [1.29, 1.82) is 0 Å². The van der Waals surface area contributed by atoms with Gasteiger partial charge < -0.3 is 9.47 Å². The van der Waals surface area contributed by atoms with E-state index in [1.807, 2.05) is 41.1 Å². The highest BCUT2D eigenvalue weighted by molar-refractivity contribution is 7.71. The van der Waals surface area contributed by atoms with Crippen molar-refractivity contribution in [3.63, 3.8) is 0 Å². The van der Waals surface area contributed by atoms with E-state index < -0.39 is 0 Å². The lowest BCUT2D eigenvalue weighted by molar-refractivity contribution is 0.194. The van der Waals surface area contributed by atoms with E-state index in [4.69, 9.17) is 28.9 Å². The molecule has 1 saturated heterocycles. The Kier molecular flexibility index (Phi) is 5.80. The number of anilines is 1. The predicted molar refractivity (Wildman–Crippen MR) is 117 cm³/mol. The summed E-state index contributed by atoms with van der Waals surface area (Å²) in [5.74, 6) is 0.936. The van der Waals surface area contributed by atoms with Crippen molar-refractivity contribution < 1.29 is 0 Å². The number of hydrogen-bond acceptors (Lipinski definition) is 4. The van der Waals surface area contributed by atoms with Crippen LogP contribution in [0.2, 0.25) is 5.02 Å². The van der Waals surface area contributed by atoms with Gasteiger partial charge in [-0.05, 0) is 37.3 Å². The number of rotatable bonds is 5. The highest BCUT2D eigenvalue weighted by Crippen LogP contribution is 2.22. The van der Waals surface area contributed by atoms with Crippen molar-refractivity contribution in [2.45, 2.75) is 20.1 Å². The molecule has 0 amide bonds. The lowest BCUT2D eigenvalue weighted by Crippen LogP contribution is -2.47. The van der Waals surface area contributed by atoms with E-state index in [2.05, 4.69) is 39.5 Å². The highest BCUT2D eigenvalue weighted by Gasteiger charge is 2.19. The zero-order valence-corrected chi connectivity index (χ0v) is 17.5. The summed E-state index contributed by atoms with van der Waals surface area (Å²) in [4.78, 5) is 4.78. The van der Waals surface area contributed by atoms with Gasteiger partial charge in [0.25, 0.3) is 0 Å². The zero-order chi connectivity index (χ0) is 19.5. The highest BCUT2D eigenvalue weighted by atomic mass is 35.5. The molecule has 0 aliphatic carbocycles. The first-order valence-corrected chi connectivity index (χ1v) is 10.4. The summed E-state index contributed by atoms with van der Waals surface area (Å²) in [6, 6.07) is 18.3. The van der Waals surface area contributed by atoms with E-state index in [1.165, 1.54) is 5.69 Å². The maximum atomic E-state index is 6.14. The van der Waals surface area contributed by atoms with Gasteiger partial charge in [0.1, 0.15) is 0 Å². The molecule has 146 valence electrons. The lowest BCUT2D eigenvalue weighted by atomic mass is 10.2. The Morgan fingerprint density at radius 1 is 1.00 bits per heavy atom. The van der Waals surface area contributed by atoms with Crippen molar-refractivity contribution in [3.05, 3.63) is 64.4 Å². The first-order chi connectivity index (χ1) is 13.7. The molecule has 0 saturated carbocycles. The van der Waals surface area contributed by atoms with Gasteiger partial charge in [-0.2, -0.15) is 5.10 Å². The molecule has 4 rings (SSSR count). The van der Waals surface area contributed by atoms with Crippen LogP contribution in [0.1, 0.15) is 6.92 Å². The maximum Gasteiger partial charge on any atom is 0.199 e. The van der Waals surface area contributed by atoms with E-state index in [0.29, 0.717) is 0 Å². The maximum absolute atomic E-state index is 6.14. The van der Waals surface area contributed by atoms with Gasteiger partial charge in [0.15, 0.2) is 10.6 Å². The molecule has 1 aliphatic rings. The van der Waals surface area contributed by atoms with Crippen LogP contribution < -0.4 is 4.90 Å². The van der Waals surface area contributed by atoms with E-state index in [1.54, 1.807) is 0 Å². The monoisotopic (exact) mass is 413 g/mol. The second-order valence-corrected chi connectivity index (χ2v) is 7.74. The third kappa shape index (κ3) is 3.99. The molecule has 3 aromatic rings. The average molecular weight is 414 g/mol. The Bertz CT molecular complexity index is 990. The van der Waals surface area contributed by atoms with Crippen LogP contribution in [-0.4, -0.2) is 45.4 Å². The molecule has 0 atom stereocenters. The van der Waals surface area contributed by atoms with Crippen molar-refractivity contribution in [2.24, 2.45) is 0 Å². The normalized spacial score (nSPS) is 15.1. The van der Waals surface area contributed by atoms with Crippen LogP contribution in [0.4, 0.5) is 5.69 Å². The Hall–Kier alpha value is -2.15. The molecule has 28 heavy (non-hydrogen) atoms. The number of aromatic nitrogens is 3. The molecule has 5 nitrogen and oxygen atoms in total. The first kappa shape index (κ1) is 19.2. The largest absolute Gasteiger partial charge is 0.369 e. The van der Waals surface area contributed by atoms with Gasteiger partial charge in [0, 0.05) is 49.0 Å². The standard InChI is InChI=1S/C21H24ClN5S/c1-2-26-20(17-7-4-3-5-8-17)23-27(21(26)28)16-24-11-13-25(14-12-24)19-10-6-9-18(22)15-19/h3-10,15H,2,11-14,16H2,1H3. The Labute approximate surface area is 175 Å². The van der Waals surface area contributed by atoms with Gasteiger partial charge in [-0.3, -0.25) is 4.90 Å². The summed E-state index contributed by atoms with van der Waals surface area (Å²) < 4.78 is 4.84. The molecule has 0 unspecified atom stereocenters. The molecular weight excluding hydrogens is 390 g/mol. The van der Waals surface area contributed by atoms with Crippen LogP contribution in [0.15, 0.2) is 54.6 Å². The zero-order valence-electron chi connectivity index (χ0n) is 16.0. The number of hydrogen-bond donors (Lipinski definition) is 0. The molecule has 0 radical (unpaired) electrons. The quantitative estimate of drug-likeness (QED) is 0.574. The first-order valence-electron chi connectivity index (χ1n) is 9.61. The topological polar surface area (TPSA) is 29.2 Å². The van der Waals surface area contributed by atoms with Crippen LogP contribution in [-0.2, 0) is 13.2 Å². The molecule has 0 N–H and O–H groups in total. The minimum absolute atomic E-state index is 0.717. The fraction of sp³-hybridized carbons (Fsp3) is 0.333. The van der Waals surface area contributed by atoms with Gasteiger partial charge in [0.2, 0.25) is 0 Å². The van der Waals surface area contributed by atoms with Crippen LogP contribution in [0.3, 0.4) is 0 Å². The third-order valence-electron chi connectivity index (χ3n) is 5.15. The lowest BCUT2D eigenvalue weighted by Gasteiger charge is -2.35. The summed E-state index contributed by atoms with van der Waals surface area (Å²) in [5, 5.41) is 5.62. The summed E-state index contributed by atoms with van der Waals surface area (Å²) in [5.41, 5.74) is 2.28. The molecule has 1 aliphatic heterocycles. The third-order valence-corrected chi connectivity index (χ3v) is 5.82. The SMILES string of the molecule is CCn1c(-c2ccccc2)nn(CN2CCN(c3cccc(Cl)c3)CC2)c1=S. The van der Waals surface area contributed by atoms with Gasteiger partial charge >= 0.3 is 0 Å². The second kappa shape index (κ2) is 8.47. The summed E-state index contributed by atoms with van der Waals surface area (Å²) in [6.07, 6.45) is 0. The summed E-state index contributed by atoms with van der Waals surface area (Å²) in [7, 11) is 0. The Balaban J connectivity index is 1.47. The molecule has 2 heterocycles. The van der Waals surface area contributed by atoms with E-state index in [-0.39, 0.29) is 0 Å². The molecule has 0 bridgehead atoms. The van der Waals surface area contributed by atoms with Gasteiger partial charge in [-0.25, -0.2) is 4.68 Å².